The molecule has 1 aliphatic carbocycles. The van der Waals surface area contributed by atoms with E-state index in [2.05, 4.69) is 0 Å². The van der Waals surface area contributed by atoms with E-state index in [1.807, 2.05) is 11.8 Å². The zero-order valence-corrected chi connectivity index (χ0v) is 8.81. The van der Waals surface area contributed by atoms with Crippen LogP contribution in [0.15, 0.2) is 0 Å². The van der Waals surface area contributed by atoms with Gasteiger partial charge in [-0.15, -0.1) is 0 Å². The van der Waals surface area contributed by atoms with E-state index < -0.39 is 12.1 Å². The topological polar surface area (TPSA) is 60.8 Å². The van der Waals surface area contributed by atoms with Crippen molar-refractivity contribution in [2.75, 3.05) is 13.1 Å². The maximum Gasteiger partial charge on any atom is 0.317 e. The molecule has 0 spiro atoms. The highest BCUT2D eigenvalue weighted by molar-refractivity contribution is 5.69. The van der Waals surface area contributed by atoms with Gasteiger partial charge in [-0.1, -0.05) is 0 Å². The first kappa shape index (κ1) is 11.5. The lowest BCUT2D eigenvalue weighted by Gasteiger charge is -2.29. The molecule has 0 amide bonds. The Balaban J connectivity index is 2.45. The molecule has 14 heavy (non-hydrogen) atoms. The van der Waals surface area contributed by atoms with Gasteiger partial charge in [-0.05, 0) is 32.6 Å². The Labute approximate surface area is 84.5 Å². The Morgan fingerprint density at radius 1 is 1.50 bits per heavy atom. The minimum absolute atomic E-state index is 0.0303. The lowest BCUT2D eigenvalue weighted by molar-refractivity contribution is -0.139. The van der Waals surface area contributed by atoms with Crippen molar-refractivity contribution >= 4 is 5.97 Å². The molecule has 0 saturated heterocycles. The number of rotatable bonds is 6. The smallest absolute Gasteiger partial charge is 0.317 e. The van der Waals surface area contributed by atoms with Crippen molar-refractivity contribution in [3.63, 3.8) is 0 Å². The maximum atomic E-state index is 10.6. The Bertz CT molecular complexity index is 202. The first-order valence-corrected chi connectivity index (χ1v) is 5.14. The van der Waals surface area contributed by atoms with Gasteiger partial charge in [0.15, 0.2) is 0 Å². The largest absolute Gasteiger partial charge is 0.480 e. The normalized spacial score (nSPS) is 20.9. The van der Waals surface area contributed by atoms with Crippen molar-refractivity contribution in [2.24, 2.45) is 5.92 Å². The molecule has 0 aromatic heterocycles. The van der Waals surface area contributed by atoms with E-state index in [4.69, 9.17) is 5.11 Å². The van der Waals surface area contributed by atoms with Gasteiger partial charge in [0.2, 0.25) is 0 Å². The summed E-state index contributed by atoms with van der Waals surface area (Å²) in [6.45, 7) is 4.41. The Morgan fingerprint density at radius 2 is 2.07 bits per heavy atom. The second kappa shape index (κ2) is 4.75. The van der Waals surface area contributed by atoms with Crippen molar-refractivity contribution in [3.05, 3.63) is 0 Å². The van der Waals surface area contributed by atoms with Crippen LogP contribution in [0.25, 0.3) is 0 Å². The van der Waals surface area contributed by atoms with Crippen LogP contribution in [0.3, 0.4) is 0 Å². The molecule has 82 valence electrons. The summed E-state index contributed by atoms with van der Waals surface area (Å²) in [5.74, 6) is -0.173. The standard InChI is InChI=1S/C10H19NO3/c1-7(8(2)12)11(6-10(13)14)5-9-3-4-9/h7-9,12H,3-6H2,1-2H3,(H,13,14). The molecule has 0 radical (unpaired) electrons. The highest BCUT2D eigenvalue weighted by atomic mass is 16.4. The van der Waals surface area contributed by atoms with Gasteiger partial charge in [0, 0.05) is 12.6 Å². The monoisotopic (exact) mass is 201 g/mol. The predicted octanol–water partition coefficient (Wildman–Crippen LogP) is 0.552. The SMILES string of the molecule is CC(O)C(C)N(CC(=O)O)CC1CC1. The maximum absolute atomic E-state index is 10.6. The molecule has 4 nitrogen and oxygen atoms in total. The van der Waals surface area contributed by atoms with E-state index in [1.54, 1.807) is 6.92 Å². The number of carboxylic acid groups (broad SMARTS) is 1. The first-order chi connectivity index (χ1) is 6.50. The minimum Gasteiger partial charge on any atom is -0.480 e. The Morgan fingerprint density at radius 3 is 2.43 bits per heavy atom. The third kappa shape index (κ3) is 3.64. The fourth-order valence-electron chi connectivity index (χ4n) is 1.49. The number of carbonyl (C=O) groups is 1. The fourth-order valence-corrected chi connectivity index (χ4v) is 1.49. The van der Waals surface area contributed by atoms with Crippen molar-refractivity contribution in [2.45, 2.75) is 38.8 Å². The van der Waals surface area contributed by atoms with E-state index in [0.29, 0.717) is 5.92 Å². The number of aliphatic hydroxyl groups is 1. The summed E-state index contributed by atoms with van der Waals surface area (Å²) in [7, 11) is 0. The van der Waals surface area contributed by atoms with Crippen LogP contribution in [0.4, 0.5) is 0 Å². The predicted molar refractivity (Wildman–Crippen MR) is 53.1 cm³/mol. The van der Waals surface area contributed by atoms with Crippen LogP contribution in [0.2, 0.25) is 0 Å². The molecule has 2 unspecified atom stereocenters. The number of aliphatic hydroxyl groups excluding tert-OH is 1. The van der Waals surface area contributed by atoms with Gasteiger partial charge in [0.25, 0.3) is 0 Å². The number of hydrogen-bond donors (Lipinski definition) is 2. The molecule has 0 heterocycles. The molecule has 2 atom stereocenters. The van der Waals surface area contributed by atoms with Gasteiger partial charge in [-0.3, -0.25) is 9.69 Å². The van der Waals surface area contributed by atoms with Gasteiger partial charge in [-0.2, -0.15) is 0 Å². The average Bonchev–Trinajstić information content (AvgIpc) is 2.84. The molecule has 2 N–H and O–H groups in total. The van der Waals surface area contributed by atoms with E-state index >= 15 is 0 Å². The summed E-state index contributed by atoms with van der Waals surface area (Å²) in [6, 6.07) is -0.0771. The summed E-state index contributed by atoms with van der Waals surface area (Å²) in [5, 5.41) is 18.1. The van der Waals surface area contributed by atoms with Crippen LogP contribution in [0.5, 0.6) is 0 Å². The Kier molecular flexibility index (Phi) is 3.89. The van der Waals surface area contributed by atoms with Gasteiger partial charge in [0.1, 0.15) is 0 Å². The molecule has 4 heteroatoms. The summed E-state index contributed by atoms with van der Waals surface area (Å²) in [6.07, 6.45) is 1.92. The quantitative estimate of drug-likeness (QED) is 0.659. The first-order valence-electron chi connectivity index (χ1n) is 5.14. The summed E-state index contributed by atoms with van der Waals surface area (Å²) < 4.78 is 0. The van der Waals surface area contributed by atoms with Crippen LogP contribution >= 0.6 is 0 Å². The molecule has 1 rings (SSSR count). The highest BCUT2D eigenvalue weighted by Gasteiger charge is 2.29. The van der Waals surface area contributed by atoms with Crippen LogP contribution in [0, 0.1) is 5.92 Å². The van der Waals surface area contributed by atoms with E-state index in [0.717, 1.165) is 6.54 Å². The molecule has 1 aliphatic rings. The van der Waals surface area contributed by atoms with Gasteiger partial charge < -0.3 is 10.2 Å². The second-order valence-electron chi connectivity index (χ2n) is 4.25. The highest BCUT2D eigenvalue weighted by Crippen LogP contribution is 2.30. The van der Waals surface area contributed by atoms with Crippen LogP contribution < -0.4 is 0 Å². The molecular weight excluding hydrogens is 182 g/mol. The third-order valence-electron chi connectivity index (χ3n) is 2.80. The van der Waals surface area contributed by atoms with Crippen molar-refractivity contribution in [3.8, 4) is 0 Å². The molecular formula is C10H19NO3. The van der Waals surface area contributed by atoms with Gasteiger partial charge >= 0.3 is 5.97 Å². The van der Waals surface area contributed by atoms with Crippen molar-refractivity contribution < 1.29 is 15.0 Å². The average molecular weight is 201 g/mol. The lowest BCUT2D eigenvalue weighted by Crippen LogP contribution is -2.44. The second-order valence-corrected chi connectivity index (χ2v) is 4.25. The molecule has 1 fully saturated rings. The van der Waals surface area contributed by atoms with Crippen molar-refractivity contribution in [1.29, 1.82) is 0 Å². The summed E-state index contributed by atoms with van der Waals surface area (Å²) >= 11 is 0. The summed E-state index contributed by atoms with van der Waals surface area (Å²) in [5.41, 5.74) is 0. The minimum atomic E-state index is -0.821. The van der Waals surface area contributed by atoms with Gasteiger partial charge in [-0.25, -0.2) is 0 Å². The number of carboxylic acids is 1. The zero-order valence-electron chi connectivity index (χ0n) is 8.81. The Hall–Kier alpha value is -0.610. The van der Waals surface area contributed by atoms with E-state index in [1.165, 1.54) is 12.8 Å². The number of nitrogens with zero attached hydrogens (tertiary/aromatic N) is 1. The van der Waals surface area contributed by atoms with Crippen molar-refractivity contribution in [1.82, 2.24) is 4.90 Å². The molecule has 1 saturated carbocycles. The molecule has 0 aromatic carbocycles. The number of hydrogen-bond acceptors (Lipinski definition) is 3. The van der Waals surface area contributed by atoms with Gasteiger partial charge in [0.05, 0.1) is 12.6 Å². The third-order valence-corrected chi connectivity index (χ3v) is 2.80. The van der Waals surface area contributed by atoms with Crippen LogP contribution in [-0.2, 0) is 4.79 Å². The van der Waals surface area contributed by atoms with E-state index in [-0.39, 0.29) is 12.6 Å². The molecule has 0 aromatic rings. The number of aliphatic carboxylic acids is 1. The molecule has 0 aliphatic heterocycles. The van der Waals surface area contributed by atoms with Crippen LogP contribution in [-0.4, -0.2) is 46.3 Å². The zero-order chi connectivity index (χ0) is 10.7. The van der Waals surface area contributed by atoms with Crippen LogP contribution in [0.1, 0.15) is 26.7 Å². The van der Waals surface area contributed by atoms with E-state index in [9.17, 15) is 9.90 Å². The summed E-state index contributed by atoms with van der Waals surface area (Å²) in [4.78, 5) is 12.5. The lowest BCUT2D eigenvalue weighted by atomic mass is 10.1. The fraction of sp³-hybridized carbons (Fsp3) is 0.900. The molecule has 0 bridgehead atoms.